The molecular formula is C20H17N5O. The van der Waals surface area contributed by atoms with Crippen LogP contribution < -0.4 is 5.32 Å². The number of benzene rings is 2. The molecule has 26 heavy (non-hydrogen) atoms. The van der Waals surface area contributed by atoms with Crippen LogP contribution in [0.3, 0.4) is 0 Å². The van der Waals surface area contributed by atoms with Crippen molar-refractivity contribution in [1.82, 2.24) is 25.3 Å². The van der Waals surface area contributed by atoms with Crippen LogP contribution >= 0.6 is 0 Å². The molecule has 0 bridgehead atoms. The van der Waals surface area contributed by atoms with Crippen LogP contribution in [0, 0.1) is 0 Å². The van der Waals surface area contributed by atoms with Gasteiger partial charge in [0.25, 0.3) is 0 Å². The number of pyridine rings is 1. The Bertz CT molecular complexity index is 1040. The highest BCUT2D eigenvalue weighted by Gasteiger charge is 2.08. The standard InChI is InChI=1S/C20H17N5O/c26-20(11-16-7-3-6-15-5-1-2-9-19(15)16)22-12-17-14-25(24-23-17)18-8-4-10-21-13-18/h1-10,13-14H,11-12H2,(H,22,26). The number of fused-ring (bicyclic) bond motifs is 1. The van der Waals surface area contributed by atoms with E-state index in [0.29, 0.717) is 18.7 Å². The van der Waals surface area contributed by atoms with Gasteiger partial charge in [-0.05, 0) is 28.5 Å². The number of carbonyl (C=O) groups excluding carboxylic acids is 1. The largest absolute Gasteiger partial charge is 0.350 e. The van der Waals surface area contributed by atoms with Crippen molar-refractivity contribution in [2.45, 2.75) is 13.0 Å². The third kappa shape index (κ3) is 3.44. The number of carbonyl (C=O) groups is 1. The normalized spacial score (nSPS) is 10.8. The summed E-state index contributed by atoms with van der Waals surface area (Å²) < 4.78 is 1.64. The van der Waals surface area contributed by atoms with Crippen LogP contribution in [0.15, 0.2) is 73.2 Å². The van der Waals surface area contributed by atoms with E-state index in [0.717, 1.165) is 22.0 Å². The van der Waals surface area contributed by atoms with Crippen LogP contribution in [0.2, 0.25) is 0 Å². The molecule has 1 amide bonds. The van der Waals surface area contributed by atoms with Gasteiger partial charge in [-0.3, -0.25) is 9.78 Å². The van der Waals surface area contributed by atoms with E-state index in [4.69, 9.17) is 0 Å². The fourth-order valence-electron chi connectivity index (χ4n) is 2.87. The maximum absolute atomic E-state index is 12.3. The molecule has 0 saturated carbocycles. The van der Waals surface area contributed by atoms with E-state index in [9.17, 15) is 4.79 Å². The summed E-state index contributed by atoms with van der Waals surface area (Å²) in [4.78, 5) is 16.4. The van der Waals surface area contributed by atoms with Crippen molar-refractivity contribution in [2.75, 3.05) is 0 Å². The number of hydrogen-bond acceptors (Lipinski definition) is 4. The molecule has 6 heteroatoms. The summed E-state index contributed by atoms with van der Waals surface area (Å²) in [5.74, 6) is -0.0442. The fourth-order valence-corrected chi connectivity index (χ4v) is 2.87. The van der Waals surface area contributed by atoms with Crippen LogP contribution in [0.4, 0.5) is 0 Å². The van der Waals surface area contributed by atoms with E-state index < -0.39 is 0 Å². The van der Waals surface area contributed by atoms with Crippen molar-refractivity contribution < 1.29 is 4.79 Å². The van der Waals surface area contributed by atoms with Crippen molar-refractivity contribution in [3.63, 3.8) is 0 Å². The first-order valence-corrected chi connectivity index (χ1v) is 8.34. The van der Waals surface area contributed by atoms with Gasteiger partial charge in [0.05, 0.1) is 31.0 Å². The molecule has 2 aromatic heterocycles. The van der Waals surface area contributed by atoms with Crippen molar-refractivity contribution in [1.29, 1.82) is 0 Å². The average Bonchev–Trinajstić information content (AvgIpc) is 3.17. The molecule has 0 fully saturated rings. The minimum absolute atomic E-state index is 0.0442. The van der Waals surface area contributed by atoms with Crippen molar-refractivity contribution in [3.05, 3.63) is 84.4 Å². The van der Waals surface area contributed by atoms with Gasteiger partial charge in [0.1, 0.15) is 5.69 Å². The minimum Gasteiger partial charge on any atom is -0.350 e. The highest BCUT2D eigenvalue weighted by Crippen LogP contribution is 2.18. The van der Waals surface area contributed by atoms with E-state index in [-0.39, 0.29) is 5.91 Å². The molecule has 0 aliphatic rings. The number of amides is 1. The van der Waals surface area contributed by atoms with E-state index in [1.54, 1.807) is 23.3 Å². The number of hydrogen-bond donors (Lipinski definition) is 1. The predicted octanol–water partition coefficient (Wildman–Crippen LogP) is 2.67. The van der Waals surface area contributed by atoms with Crippen LogP contribution in [0.1, 0.15) is 11.3 Å². The summed E-state index contributed by atoms with van der Waals surface area (Å²) in [6.45, 7) is 0.337. The zero-order chi connectivity index (χ0) is 17.8. The predicted molar refractivity (Wildman–Crippen MR) is 98.7 cm³/mol. The lowest BCUT2D eigenvalue weighted by atomic mass is 10.0. The van der Waals surface area contributed by atoms with E-state index in [1.807, 2.05) is 54.6 Å². The van der Waals surface area contributed by atoms with E-state index in [2.05, 4.69) is 20.6 Å². The number of nitrogens with one attached hydrogen (secondary N) is 1. The zero-order valence-corrected chi connectivity index (χ0v) is 14.0. The van der Waals surface area contributed by atoms with Crippen LogP contribution in [0.25, 0.3) is 16.5 Å². The Hall–Kier alpha value is -3.54. The highest BCUT2D eigenvalue weighted by molar-refractivity contribution is 5.90. The zero-order valence-electron chi connectivity index (χ0n) is 14.0. The molecule has 0 aliphatic heterocycles. The minimum atomic E-state index is -0.0442. The van der Waals surface area contributed by atoms with Gasteiger partial charge in [-0.15, -0.1) is 5.10 Å². The van der Waals surface area contributed by atoms with Crippen LogP contribution in [0.5, 0.6) is 0 Å². The summed E-state index contributed by atoms with van der Waals surface area (Å²) in [5.41, 5.74) is 2.54. The Labute approximate surface area is 150 Å². The first-order chi connectivity index (χ1) is 12.8. The Balaban J connectivity index is 1.41. The summed E-state index contributed by atoms with van der Waals surface area (Å²) >= 11 is 0. The first kappa shape index (κ1) is 16.0. The Morgan fingerprint density at radius 1 is 1.04 bits per heavy atom. The summed E-state index contributed by atoms with van der Waals surface area (Å²) in [6, 6.07) is 17.8. The maximum Gasteiger partial charge on any atom is 0.224 e. The Morgan fingerprint density at radius 2 is 1.92 bits per heavy atom. The third-order valence-electron chi connectivity index (χ3n) is 4.15. The van der Waals surface area contributed by atoms with Crippen molar-refractivity contribution in [3.8, 4) is 5.69 Å². The molecule has 128 valence electrons. The monoisotopic (exact) mass is 343 g/mol. The molecule has 2 aromatic carbocycles. The van der Waals surface area contributed by atoms with E-state index in [1.165, 1.54) is 0 Å². The fraction of sp³-hybridized carbons (Fsp3) is 0.100. The van der Waals surface area contributed by atoms with Gasteiger partial charge in [-0.1, -0.05) is 47.7 Å². The Morgan fingerprint density at radius 3 is 2.81 bits per heavy atom. The molecule has 0 saturated heterocycles. The SMILES string of the molecule is O=C(Cc1cccc2ccccc12)NCc1cn(-c2cccnc2)nn1. The Kier molecular flexibility index (Phi) is 4.38. The van der Waals surface area contributed by atoms with Gasteiger partial charge in [0.15, 0.2) is 0 Å². The number of nitrogens with zero attached hydrogens (tertiary/aromatic N) is 4. The topological polar surface area (TPSA) is 72.7 Å². The lowest BCUT2D eigenvalue weighted by Gasteiger charge is -2.07. The lowest BCUT2D eigenvalue weighted by Crippen LogP contribution is -2.24. The quantitative estimate of drug-likeness (QED) is 0.605. The second-order valence-electron chi connectivity index (χ2n) is 5.96. The molecular weight excluding hydrogens is 326 g/mol. The molecule has 0 unspecified atom stereocenters. The molecule has 0 aliphatic carbocycles. The summed E-state index contributed by atoms with van der Waals surface area (Å²) in [5, 5.41) is 13.3. The highest BCUT2D eigenvalue weighted by atomic mass is 16.1. The molecule has 4 aromatic rings. The molecule has 1 N–H and O–H groups in total. The van der Waals surface area contributed by atoms with Gasteiger partial charge in [0, 0.05) is 6.20 Å². The van der Waals surface area contributed by atoms with Crippen molar-refractivity contribution >= 4 is 16.7 Å². The van der Waals surface area contributed by atoms with Gasteiger partial charge in [-0.25, -0.2) is 4.68 Å². The van der Waals surface area contributed by atoms with E-state index >= 15 is 0 Å². The lowest BCUT2D eigenvalue weighted by molar-refractivity contribution is -0.120. The van der Waals surface area contributed by atoms with Gasteiger partial charge >= 0.3 is 0 Å². The second-order valence-corrected chi connectivity index (χ2v) is 5.96. The summed E-state index contributed by atoms with van der Waals surface area (Å²) in [6.07, 6.45) is 5.53. The number of aromatic nitrogens is 4. The molecule has 0 spiro atoms. The van der Waals surface area contributed by atoms with Gasteiger partial charge < -0.3 is 5.32 Å². The maximum atomic E-state index is 12.3. The molecule has 6 nitrogen and oxygen atoms in total. The van der Waals surface area contributed by atoms with Crippen LogP contribution in [-0.2, 0) is 17.8 Å². The first-order valence-electron chi connectivity index (χ1n) is 8.34. The number of rotatable bonds is 5. The smallest absolute Gasteiger partial charge is 0.224 e. The summed E-state index contributed by atoms with van der Waals surface area (Å²) in [7, 11) is 0. The van der Waals surface area contributed by atoms with Gasteiger partial charge in [-0.2, -0.15) is 0 Å². The molecule has 2 heterocycles. The van der Waals surface area contributed by atoms with Crippen molar-refractivity contribution in [2.24, 2.45) is 0 Å². The second kappa shape index (κ2) is 7.14. The molecule has 0 atom stereocenters. The van der Waals surface area contributed by atoms with Gasteiger partial charge in [0.2, 0.25) is 5.91 Å². The third-order valence-corrected chi connectivity index (χ3v) is 4.15. The molecule has 0 radical (unpaired) electrons. The average molecular weight is 343 g/mol. The molecule has 4 rings (SSSR count). The van der Waals surface area contributed by atoms with Crippen LogP contribution in [-0.4, -0.2) is 25.9 Å².